The fourth-order valence-electron chi connectivity index (χ4n) is 2.56. The van der Waals surface area contributed by atoms with E-state index in [1.165, 1.54) is 19.3 Å². The van der Waals surface area contributed by atoms with E-state index in [9.17, 15) is 4.79 Å². The second-order valence-corrected chi connectivity index (χ2v) is 5.37. The third-order valence-corrected chi connectivity index (χ3v) is 3.92. The van der Waals surface area contributed by atoms with Gasteiger partial charge < -0.3 is 20.3 Å². The van der Waals surface area contributed by atoms with Crippen LogP contribution in [0.5, 0.6) is 0 Å². The zero-order chi connectivity index (χ0) is 14.6. The molecule has 0 aromatic heterocycles. The Hall–Kier alpha value is -0.810. The van der Waals surface area contributed by atoms with Gasteiger partial charge in [0.15, 0.2) is 0 Å². The Bertz CT molecular complexity index is 252. The number of nitrogens with one attached hydrogen (secondary N) is 2. The molecule has 20 heavy (non-hydrogen) atoms. The average Bonchev–Trinajstić information content (AvgIpc) is 2.47. The second-order valence-electron chi connectivity index (χ2n) is 5.37. The Morgan fingerprint density at radius 3 is 2.50 bits per heavy atom. The van der Waals surface area contributed by atoms with Gasteiger partial charge in [-0.15, -0.1) is 0 Å². The van der Waals surface area contributed by atoms with E-state index in [1.54, 1.807) is 0 Å². The van der Waals surface area contributed by atoms with Gasteiger partial charge in [0, 0.05) is 19.1 Å². The van der Waals surface area contributed by atoms with E-state index in [0.29, 0.717) is 19.2 Å². The predicted molar refractivity (Wildman–Crippen MR) is 82.0 cm³/mol. The summed E-state index contributed by atoms with van der Waals surface area (Å²) < 4.78 is 5.52. The van der Waals surface area contributed by atoms with Gasteiger partial charge in [-0.3, -0.25) is 0 Å². The lowest BCUT2D eigenvalue weighted by Crippen LogP contribution is -2.43. The maximum absolute atomic E-state index is 11.7. The summed E-state index contributed by atoms with van der Waals surface area (Å²) in [6, 6.07) is 0.316. The van der Waals surface area contributed by atoms with E-state index < -0.39 is 0 Å². The van der Waals surface area contributed by atoms with E-state index >= 15 is 0 Å². The van der Waals surface area contributed by atoms with Crippen LogP contribution in [-0.4, -0.2) is 56.4 Å². The second kappa shape index (κ2) is 10.9. The molecule has 2 amide bonds. The predicted octanol–water partition coefficient (Wildman–Crippen LogP) is 1.98. The molecule has 0 aromatic rings. The van der Waals surface area contributed by atoms with Gasteiger partial charge in [-0.1, -0.05) is 33.1 Å². The van der Waals surface area contributed by atoms with Gasteiger partial charge in [-0.2, -0.15) is 0 Å². The number of nitrogens with zero attached hydrogens (tertiary/aromatic N) is 1. The molecule has 0 atom stereocenters. The van der Waals surface area contributed by atoms with Crippen molar-refractivity contribution < 1.29 is 9.53 Å². The standard InChI is InChI=1S/C15H31N3O2/c1-3-18(4-2)11-13-20-12-10-16-15(19)17-14-8-6-5-7-9-14/h14H,3-13H2,1-2H3,(H2,16,17,19). The number of hydrogen-bond donors (Lipinski definition) is 2. The molecule has 0 heterocycles. The summed E-state index contributed by atoms with van der Waals surface area (Å²) in [5, 5.41) is 5.89. The SMILES string of the molecule is CCN(CC)CCOCCNC(=O)NC1CCCCC1. The molecular formula is C15H31N3O2. The molecule has 5 nitrogen and oxygen atoms in total. The summed E-state index contributed by atoms with van der Waals surface area (Å²) in [5.41, 5.74) is 0. The van der Waals surface area contributed by atoms with Crippen LogP contribution in [0.25, 0.3) is 0 Å². The van der Waals surface area contributed by atoms with Crippen LogP contribution in [0.15, 0.2) is 0 Å². The molecule has 1 rings (SSSR count). The lowest BCUT2D eigenvalue weighted by atomic mass is 9.96. The number of urea groups is 1. The maximum Gasteiger partial charge on any atom is 0.315 e. The zero-order valence-corrected chi connectivity index (χ0v) is 13.1. The highest BCUT2D eigenvalue weighted by molar-refractivity contribution is 5.74. The molecule has 0 aromatic carbocycles. The van der Waals surface area contributed by atoms with E-state index in [-0.39, 0.29) is 6.03 Å². The molecule has 1 saturated carbocycles. The average molecular weight is 285 g/mol. The van der Waals surface area contributed by atoms with Crippen molar-refractivity contribution in [3.63, 3.8) is 0 Å². The number of amides is 2. The quantitative estimate of drug-likeness (QED) is 0.637. The van der Waals surface area contributed by atoms with E-state index in [2.05, 4.69) is 29.4 Å². The van der Waals surface area contributed by atoms with Gasteiger partial charge in [0.05, 0.1) is 13.2 Å². The highest BCUT2D eigenvalue weighted by Gasteiger charge is 2.14. The summed E-state index contributed by atoms with van der Waals surface area (Å²) in [6.07, 6.45) is 6.01. The van der Waals surface area contributed by atoms with Crippen molar-refractivity contribution in [3.8, 4) is 0 Å². The smallest absolute Gasteiger partial charge is 0.315 e. The Morgan fingerprint density at radius 2 is 1.85 bits per heavy atom. The normalized spacial score (nSPS) is 16.4. The molecule has 0 radical (unpaired) electrons. The number of rotatable bonds is 9. The van der Waals surface area contributed by atoms with Crippen LogP contribution in [0.2, 0.25) is 0 Å². The van der Waals surface area contributed by atoms with E-state index in [1.807, 2.05) is 0 Å². The Kier molecular flexibility index (Phi) is 9.41. The van der Waals surface area contributed by atoms with Crippen molar-refractivity contribution in [1.82, 2.24) is 15.5 Å². The summed E-state index contributed by atoms with van der Waals surface area (Å²) in [4.78, 5) is 14.0. The van der Waals surface area contributed by atoms with Gasteiger partial charge in [0.25, 0.3) is 0 Å². The Morgan fingerprint density at radius 1 is 1.15 bits per heavy atom. The first kappa shape index (κ1) is 17.2. The van der Waals surface area contributed by atoms with Crippen molar-refractivity contribution in [2.45, 2.75) is 52.0 Å². The lowest BCUT2D eigenvalue weighted by Gasteiger charge is -2.22. The third-order valence-electron chi connectivity index (χ3n) is 3.92. The molecule has 0 spiro atoms. The highest BCUT2D eigenvalue weighted by Crippen LogP contribution is 2.16. The number of carbonyl (C=O) groups excluding carboxylic acids is 1. The van der Waals surface area contributed by atoms with Crippen LogP contribution in [-0.2, 0) is 4.74 Å². The molecule has 118 valence electrons. The van der Waals surface area contributed by atoms with Gasteiger partial charge in [-0.25, -0.2) is 4.79 Å². The minimum absolute atomic E-state index is 0.0516. The van der Waals surface area contributed by atoms with Crippen molar-refractivity contribution in [2.24, 2.45) is 0 Å². The molecule has 0 aliphatic heterocycles. The molecule has 0 saturated heterocycles. The summed E-state index contributed by atoms with van der Waals surface area (Å²) >= 11 is 0. The number of carbonyl (C=O) groups is 1. The molecule has 0 bridgehead atoms. The third kappa shape index (κ3) is 7.70. The van der Waals surface area contributed by atoms with Crippen molar-refractivity contribution in [1.29, 1.82) is 0 Å². The van der Waals surface area contributed by atoms with Crippen LogP contribution in [0, 0.1) is 0 Å². The fourth-order valence-corrected chi connectivity index (χ4v) is 2.56. The number of hydrogen-bond acceptors (Lipinski definition) is 3. The topological polar surface area (TPSA) is 53.6 Å². The molecule has 2 N–H and O–H groups in total. The molecule has 5 heteroatoms. The van der Waals surface area contributed by atoms with Crippen LogP contribution in [0.1, 0.15) is 46.0 Å². The first-order valence-corrected chi connectivity index (χ1v) is 8.10. The maximum atomic E-state index is 11.7. The fraction of sp³-hybridized carbons (Fsp3) is 0.933. The van der Waals surface area contributed by atoms with E-state index in [0.717, 1.165) is 39.1 Å². The largest absolute Gasteiger partial charge is 0.378 e. The van der Waals surface area contributed by atoms with Crippen LogP contribution >= 0.6 is 0 Å². The summed E-state index contributed by atoms with van der Waals surface area (Å²) in [7, 11) is 0. The van der Waals surface area contributed by atoms with Gasteiger partial charge in [0.2, 0.25) is 0 Å². The minimum atomic E-state index is -0.0516. The van der Waals surface area contributed by atoms with Gasteiger partial charge >= 0.3 is 6.03 Å². The zero-order valence-electron chi connectivity index (χ0n) is 13.1. The highest BCUT2D eigenvalue weighted by atomic mass is 16.5. The van der Waals surface area contributed by atoms with Crippen LogP contribution in [0.3, 0.4) is 0 Å². The summed E-state index contributed by atoms with van der Waals surface area (Å²) in [6.45, 7) is 9.27. The van der Waals surface area contributed by atoms with Crippen LogP contribution < -0.4 is 10.6 Å². The lowest BCUT2D eigenvalue weighted by molar-refractivity contribution is 0.109. The first-order valence-electron chi connectivity index (χ1n) is 8.10. The van der Waals surface area contributed by atoms with E-state index in [4.69, 9.17) is 4.74 Å². The summed E-state index contributed by atoms with van der Waals surface area (Å²) in [5.74, 6) is 0. The van der Waals surface area contributed by atoms with Crippen molar-refractivity contribution in [2.75, 3.05) is 39.4 Å². The first-order chi connectivity index (χ1) is 9.76. The van der Waals surface area contributed by atoms with Crippen molar-refractivity contribution >= 4 is 6.03 Å². The van der Waals surface area contributed by atoms with Crippen LogP contribution in [0.4, 0.5) is 4.79 Å². The molecule has 1 aliphatic rings. The number of ether oxygens (including phenoxy) is 1. The monoisotopic (exact) mass is 285 g/mol. The Balaban J connectivity index is 1.93. The molecular weight excluding hydrogens is 254 g/mol. The molecule has 1 aliphatic carbocycles. The minimum Gasteiger partial charge on any atom is -0.378 e. The van der Waals surface area contributed by atoms with Gasteiger partial charge in [0.1, 0.15) is 0 Å². The number of likely N-dealkylation sites (N-methyl/N-ethyl adjacent to an activating group) is 1. The van der Waals surface area contributed by atoms with Gasteiger partial charge in [-0.05, 0) is 25.9 Å². The molecule has 0 unspecified atom stereocenters. The van der Waals surface area contributed by atoms with Crippen molar-refractivity contribution in [3.05, 3.63) is 0 Å². The molecule has 1 fully saturated rings. The Labute approximate surface area is 123 Å².